The number of hydrazine groups is 1. The Bertz CT molecular complexity index is 962. The van der Waals surface area contributed by atoms with Crippen molar-refractivity contribution in [2.45, 2.75) is 13.3 Å². The van der Waals surface area contributed by atoms with E-state index in [0.717, 1.165) is 0 Å². The summed E-state index contributed by atoms with van der Waals surface area (Å²) in [5, 5.41) is 15.2. The standard InChI is InChI=1S/C17H15N5O3/c1-11-9-15(20-25-11)17(24)22-8-4-7-21(22)16(23)13-10-18-19-14-6-3-2-5-12(13)14/h2-3,5-6,9-10H,4,7-8H2,1H3. The Morgan fingerprint density at radius 2 is 1.88 bits per heavy atom. The maximum Gasteiger partial charge on any atom is 0.294 e. The summed E-state index contributed by atoms with van der Waals surface area (Å²) in [6.45, 7) is 2.62. The number of benzene rings is 1. The summed E-state index contributed by atoms with van der Waals surface area (Å²) in [7, 11) is 0. The van der Waals surface area contributed by atoms with Crippen LogP contribution in [0.3, 0.4) is 0 Å². The predicted octanol–water partition coefficient (Wildman–Crippen LogP) is 1.83. The topological polar surface area (TPSA) is 92.4 Å². The number of rotatable bonds is 2. The van der Waals surface area contributed by atoms with Crippen LogP contribution in [-0.2, 0) is 0 Å². The number of fused-ring (bicyclic) bond motifs is 1. The molecule has 1 aliphatic rings. The molecule has 3 heterocycles. The third kappa shape index (κ3) is 2.61. The number of carbonyl (C=O) groups excluding carboxylic acids is 2. The second-order valence-corrected chi connectivity index (χ2v) is 5.81. The van der Waals surface area contributed by atoms with E-state index >= 15 is 0 Å². The van der Waals surface area contributed by atoms with Crippen molar-refractivity contribution in [2.24, 2.45) is 0 Å². The first kappa shape index (κ1) is 15.3. The molecule has 0 aliphatic carbocycles. The van der Waals surface area contributed by atoms with Gasteiger partial charge in [-0.05, 0) is 19.4 Å². The normalized spacial score (nSPS) is 14.3. The summed E-state index contributed by atoms with van der Waals surface area (Å²) >= 11 is 0. The van der Waals surface area contributed by atoms with Gasteiger partial charge in [0.1, 0.15) is 5.76 Å². The quantitative estimate of drug-likeness (QED) is 0.708. The minimum atomic E-state index is -0.353. The van der Waals surface area contributed by atoms with Crippen molar-refractivity contribution < 1.29 is 14.1 Å². The zero-order valence-electron chi connectivity index (χ0n) is 13.5. The monoisotopic (exact) mass is 337 g/mol. The summed E-state index contributed by atoms with van der Waals surface area (Å²) < 4.78 is 4.96. The number of amides is 2. The molecule has 1 aliphatic heterocycles. The highest BCUT2D eigenvalue weighted by atomic mass is 16.5. The van der Waals surface area contributed by atoms with Crippen LogP contribution in [0.1, 0.15) is 33.0 Å². The molecule has 0 atom stereocenters. The predicted molar refractivity (Wildman–Crippen MR) is 87.5 cm³/mol. The van der Waals surface area contributed by atoms with Crippen LogP contribution in [-0.4, -0.2) is 50.3 Å². The highest BCUT2D eigenvalue weighted by Crippen LogP contribution is 2.22. The molecule has 3 aromatic rings. The van der Waals surface area contributed by atoms with Gasteiger partial charge in [0, 0.05) is 24.5 Å². The van der Waals surface area contributed by atoms with Gasteiger partial charge in [0.2, 0.25) is 0 Å². The van der Waals surface area contributed by atoms with Gasteiger partial charge in [0.05, 0.1) is 17.3 Å². The summed E-state index contributed by atoms with van der Waals surface area (Å²) in [5.74, 6) is -0.0871. The Labute approximate surface area is 143 Å². The van der Waals surface area contributed by atoms with E-state index in [0.29, 0.717) is 41.7 Å². The lowest BCUT2D eigenvalue weighted by Gasteiger charge is -2.27. The largest absolute Gasteiger partial charge is 0.361 e. The van der Waals surface area contributed by atoms with Crippen molar-refractivity contribution >= 4 is 22.7 Å². The fraction of sp³-hybridized carbons (Fsp3) is 0.235. The van der Waals surface area contributed by atoms with Gasteiger partial charge in [-0.25, -0.2) is 10.0 Å². The molecule has 0 spiro atoms. The molecule has 2 aromatic heterocycles. The molecule has 8 heteroatoms. The van der Waals surface area contributed by atoms with Gasteiger partial charge in [-0.3, -0.25) is 9.59 Å². The Morgan fingerprint density at radius 1 is 1.12 bits per heavy atom. The number of aromatic nitrogens is 3. The Hall–Kier alpha value is -3.29. The molecule has 1 saturated heterocycles. The summed E-state index contributed by atoms with van der Waals surface area (Å²) in [5.41, 5.74) is 1.24. The second-order valence-electron chi connectivity index (χ2n) is 5.81. The van der Waals surface area contributed by atoms with Gasteiger partial charge in [-0.2, -0.15) is 10.2 Å². The average Bonchev–Trinajstić information content (AvgIpc) is 3.29. The average molecular weight is 337 g/mol. The second kappa shape index (κ2) is 5.97. The lowest BCUT2D eigenvalue weighted by Crippen LogP contribution is -2.45. The molecular formula is C17H15N5O3. The van der Waals surface area contributed by atoms with Crippen LogP contribution < -0.4 is 0 Å². The van der Waals surface area contributed by atoms with Crippen LogP contribution in [0, 0.1) is 6.92 Å². The van der Waals surface area contributed by atoms with Crippen LogP contribution in [0.2, 0.25) is 0 Å². The third-order valence-electron chi connectivity index (χ3n) is 4.12. The zero-order chi connectivity index (χ0) is 17.4. The lowest BCUT2D eigenvalue weighted by molar-refractivity contribution is 0.0180. The number of carbonyl (C=O) groups is 2. The van der Waals surface area contributed by atoms with Gasteiger partial charge in [0.15, 0.2) is 5.69 Å². The van der Waals surface area contributed by atoms with Gasteiger partial charge in [0.25, 0.3) is 11.8 Å². The molecule has 0 N–H and O–H groups in total. The maximum atomic E-state index is 13.0. The van der Waals surface area contributed by atoms with E-state index < -0.39 is 0 Å². The fourth-order valence-corrected chi connectivity index (χ4v) is 2.95. The van der Waals surface area contributed by atoms with Crippen LogP contribution in [0.25, 0.3) is 10.9 Å². The van der Waals surface area contributed by atoms with Gasteiger partial charge >= 0.3 is 0 Å². The molecule has 126 valence electrons. The maximum absolute atomic E-state index is 13.0. The number of hydrogen-bond donors (Lipinski definition) is 0. The van der Waals surface area contributed by atoms with Crippen molar-refractivity contribution in [3.8, 4) is 0 Å². The van der Waals surface area contributed by atoms with Crippen molar-refractivity contribution in [3.05, 3.63) is 53.5 Å². The third-order valence-corrected chi connectivity index (χ3v) is 4.12. The van der Waals surface area contributed by atoms with Crippen LogP contribution >= 0.6 is 0 Å². The van der Waals surface area contributed by atoms with E-state index in [9.17, 15) is 9.59 Å². The molecule has 1 aromatic carbocycles. The Morgan fingerprint density at radius 3 is 2.64 bits per heavy atom. The van der Waals surface area contributed by atoms with Gasteiger partial charge in [-0.1, -0.05) is 23.4 Å². The number of aryl methyl sites for hydroxylation is 1. The SMILES string of the molecule is Cc1cc(C(=O)N2CCCN2C(=O)c2cnnc3ccccc23)no1. The molecule has 0 radical (unpaired) electrons. The van der Waals surface area contributed by atoms with E-state index in [2.05, 4.69) is 15.4 Å². The summed E-state index contributed by atoms with van der Waals surface area (Å²) in [6.07, 6.45) is 2.14. The Kier molecular flexibility index (Phi) is 3.64. The first-order chi connectivity index (χ1) is 12.1. The molecular weight excluding hydrogens is 322 g/mol. The molecule has 0 bridgehead atoms. The van der Waals surface area contributed by atoms with Gasteiger partial charge in [-0.15, -0.1) is 0 Å². The van der Waals surface area contributed by atoms with E-state index in [-0.39, 0.29) is 17.5 Å². The molecule has 1 fully saturated rings. The minimum Gasteiger partial charge on any atom is -0.361 e. The first-order valence-electron chi connectivity index (χ1n) is 7.92. The molecule has 8 nitrogen and oxygen atoms in total. The minimum absolute atomic E-state index is 0.190. The zero-order valence-corrected chi connectivity index (χ0v) is 13.5. The Balaban J connectivity index is 1.68. The van der Waals surface area contributed by atoms with E-state index in [4.69, 9.17) is 4.52 Å². The molecule has 0 unspecified atom stereocenters. The smallest absolute Gasteiger partial charge is 0.294 e. The molecule has 2 amide bonds. The summed E-state index contributed by atoms with van der Waals surface area (Å²) in [6, 6.07) is 8.85. The van der Waals surface area contributed by atoms with Crippen LogP contribution in [0.15, 0.2) is 41.1 Å². The molecule has 4 rings (SSSR count). The molecule has 25 heavy (non-hydrogen) atoms. The van der Waals surface area contributed by atoms with Gasteiger partial charge < -0.3 is 4.52 Å². The van der Waals surface area contributed by atoms with E-state index in [1.165, 1.54) is 16.2 Å². The fourth-order valence-electron chi connectivity index (χ4n) is 2.95. The highest BCUT2D eigenvalue weighted by Gasteiger charge is 2.34. The number of hydrogen-bond acceptors (Lipinski definition) is 6. The van der Waals surface area contributed by atoms with Crippen molar-refractivity contribution in [3.63, 3.8) is 0 Å². The van der Waals surface area contributed by atoms with Crippen molar-refractivity contribution in [1.82, 2.24) is 25.4 Å². The lowest BCUT2D eigenvalue weighted by atomic mass is 10.1. The number of nitrogens with zero attached hydrogens (tertiary/aromatic N) is 5. The first-order valence-corrected chi connectivity index (χ1v) is 7.92. The van der Waals surface area contributed by atoms with Crippen LogP contribution in [0.4, 0.5) is 0 Å². The van der Waals surface area contributed by atoms with Crippen molar-refractivity contribution in [2.75, 3.05) is 13.1 Å². The summed E-state index contributed by atoms with van der Waals surface area (Å²) in [4.78, 5) is 25.7. The van der Waals surface area contributed by atoms with E-state index in [1.54, 1.807) is 19.1 Å². The highest BCUT2D eigenvalue weighted by molar-refractivity contribution is 6.06. The van der Waals surface area contributed by atoms with Crippen LogP contribution in [0.5, 0.6) is 0 Å². The van der Waals surface area contributed by atoms with Crippen molar-refractivity contribution in [1.29, 1.82) is 0 Å². The molecule has 0 saturated carbocycles. The van der Waals surface area contributed by atoms with E-state index in [1.807, 2.05) is 18.2 Å².